The van der Waals surface area contributed by atoms with Crippen molar-refractivity contribution >= 4 is 22.8 Å². The molecule has 0 radical (unpaired) electrons. The van der Waals surface area contributed by atoms with E-state index in [0.29, 0.717) is 19.6 Å². The molecule has 0 bridgehead atoms. The molecule has 0 aromatic carbocycles. The van der Waals surface area contributed by atoms with Crippen molar-refractivity contribution in [1.29, 1.82) is 0 Å². The summed E-state index contributed by atoms with van der Waals surface area (Å²) in [4.78, 5) is 0. The maximum absolute atomic E-state index is 11.5. The van der Waals surface area contributed by atoms with E-state index in [1.54, 1.807) is 4.31 Å². The van der Waals surface area contributed by atoms with Crippen LogP contribution in [0.1, 0.15) is 19.3 Å². The average Bonchev–Trinajstić information content (AvgIpc) is 2.38. The first-order chi connectivity index (χ1) is 6.58. The zero-order valence-corrected chi connectivity index (χ0v) is 9.78. The van der Waals surface area contributed by atoms with Gasteiger partial charge in [-0.3, -0.25) is 0 Å². The van der Waals surface area contributed by atoms with Gasteiger partial charge in [0.15, 0.2) is 0 Å². The quantitative estimate of drug-likeness (QED) is 0.690. The third-order valence-electron chi connectivity index (χ3n) is 3.25. The number of rotatable bonds is 3. The standard InChI is InChI=1S/C8H16N2O2S2/c11-14(12)9-4-5-10(14)6-8(7-13)2-1-3-8/h9,13H,1-7H2. The molecule has 0 unspecified atom stereocenters. The molecule has 1 N–H and O–H groups in total. The molecule has 1 saturated heterocycles. The van der Waals surface area contributed by atoms with Crippen LogP contribution in [0.3, 0.4) is 0 Å². The molecule has 0 atom stereocenters. The molecule has 0 aromatic heterocycles. The summed E-state index contributed by atoms with van der Waals surface area (Å²) in [5.41, 5.74) is 0.155. The lowest BCUT2D eigenvalue weighted by molar-refractivity contribution is 0.134. The highest BCUT2D eigenvalue weighted by Crippen LogP contribution is 2.42. The fourth-order valence-electron chi connectivity index (χ4n) is 2.09. The smallest absolute Gasteiger partial charge is 0.201 e. The number of thiol groups is 1. The highest BCUT2D eigenvalue weighted by molar-refractivity contribution is 7.87. The summed E-state index contributed by atoms with van der Waals surface area (Å²) in [6, 6.07) is 0. The Morgan fingerprint density at radius 2 is 2.14 bits per heavy atom. The minimum atomic E-state index is -3.16. The van der Waals surface area contributed by atoms with E-state index in [-0.39, 0.29) is 5.41 Å². The van der Waals surface area contributed by atoms with Crippen LogP contribution < -0.4 is 4.72 Å². The summed E-state index contributed by atoms with van der Waals surface area (Å²) in [5.74, 6) is 0.791. The van der Waals surface area contributed by atoms with Crippen molar-refractivity contribution < 1.29 is 8.42 Å². The van der Waals surface area contributed by atoms with Gasteiger partial charge in [0, 0.05) is 19.6 Å². The number of hydrogen-bond acceptors (Lipinski definition) is 3. The zero-order valence-electron chi connectivity index (χ0n) is 8.07. The molecule has 82 valence electrons. The van der Waals surface area contributed by atoms with Crippen molar-refractivity contribution in [2.75, 3.05) is 25.4 Å². The molecule has 0 aromatic rings. The summed E-state index contributed by atoms with van der Waals surface area (Å²) >= 11 is 4.32. The third kappa shape index (κ3) is 1.80. The summed E-state index contributed by atoms with van der Waals surface area (Å²) in [6.07, 6.45) is 3.44. The van der Waals surface area contributed by atoms with Gasteiger partial charge in [-0.05, 0) is 24.0 Å². The second kappa shape index (κ2) is 3.66. The Labute approximate surface area is 90.6 Å². The van der Waals surface area contributed by atoms with Crippen LogP contribution in [0.5, 0.6) is 0 Å². The largest absolute Gasteiger partial charge is 0.279 e. The first-order valence-electron chi connectivity index (χ1n) is 4.94. The second-order valence-electron chi connectivity index (χ2n) is 4.24. The number of nitrogens with zero attached hydrogens (tertiary/aromatic N) is 1. The van der Waals surface area contributed by atoms with E-state index in [1.165, 1.54) is 6.42 Å². The second-order valence-corrected chi connectivity index (χ2v) is 6.32. The fourth-order valence-corrected chi connectivity index (χ4v) is 3.82. The molecule has 4 nitrogen and oxygen atoms in total. The molecule has 1 saturated carbocycles. The van der Waals surface area contributed by atoms with Gasteiger partial charge in [0.2, 0.25) is 0 Å². The van der Waals surface area contributed by atoms with E-state index < -0.39 is 10.2 Å². The Morgan fingerprint density at radius 1 is 1.43 bits per heavy atom. The lowest BCUT2D eigenvalue weighted by Crippen LogP contribution is -2.45. The van der Waals surface area contributed by atoms with Gasteiger partial charge in [0.1, 0.15) is 0 Å². The van der Waals surface area contributed by atoms with Crippen molar-refractivity contribution in [3.8, 4) is 0 Å². The van der Waals surface area contributed by atoms with Gasteiger partial charge in [-0.25, -0.2) is 4.72 Å². The van der Waals surface area contributed by atoms with Crippen LogP contribution in [-0.2, 0) is 10.2 Å². The first kappa shape index (κ1) is 10.7. The molecule has 2 fully saturated rings. The van der Waals surface area contributed by atoms with Crippen LogP contribution in [0.15, 0.2) is 0 Å². The summed E-state index contributed by atoms with van der Waals surface area (Å²) in [5, 5.41) is 0. The molecule has 1 aliphatic carbocycles. The Morgan fingerprint density at radius 3 is 2.50 bits per heavy atom. The lowest BCUT2D eigenvalue weighted by atomic mass is 9.70. The van der Waals surface area contributed by atoms with E-state index in [1.807, 2.05) is 0 Å². The molecular formula is C8H16N2O2S2. The van der Waals surface area contributed by atoms with Crippen LogP contribution >= 0.6 is 12.6 Å². The molecule has 0 spiro atoms. The molecule has 0 amide bonds. The van der Waals surface area contributed by atoms with Gasteiger partial charge in [0.25, 0.3) is 10.2 Å². The molecule has 2 aliphatic rings. The zero-order chi connectivity index (χ0) is 10.2. The summed E-state index contributed by atoms with van der Waals surface area (Å²) in [6.45, 7) is 1.80. The fraction of sp³-hybridized carbons (Fsp3) is 1.00. The van der Waals surface area contributed by atoms with Crippen LogP contribution in [0.25, 0.3) is 0 Å². The van der Waals surface area contributed by atoms with E-state index in [2.05, 4.69) is 17.4 Å². The predicted molar refractivity (Wildman–Crippen MR) is 58.6 cm³/mol. The van der Waals surface area contributed by atoms with Crippen LogP contribution in [-0.4, -0.2) is 38.1 Å². The van der Waals surface area contributed by atoms with Crippen molar-refractivity contribution in [2.24, 2.45) is 5.41 Å². The highest BCUT2D eigenvalue weighted by atomic mass is 32.2. The van der Waals surface area contributed by atoms with E-state index in [0.717, 1.165) is 18.6 Å². The predicted octanol–water partition coefficient (Wildman–Crippen LogP) is 0.236. The van der Waals surface area contributed by atoms with E-state index in [4.69, 9.17) is 0 Å². The normalized spacial score (nSPS) is 30.1. The molecule has 1 aliphatic heterocycles. The van der Waals surface area contributed by atoms with Gasteiger partial charge < -0.3 is 0 Å². The molecule has 6 heteroatoms. The molecule has 2 rings (SSSR count). The SMILES string of the molecule is O=S1(=O)NCCN1CC1(CS)CCC1. The van der Waals surface area contributed by atoms with Crippen molar-refractivity contribution in [3.05, 3.63) is 0 Å². The molecular weight excluding hydrogens is 220 g/mol. The Bertz CT molecular complexity index is 306. The third-order valence-corrected chi connectivity index (χ3v) is 5.48. The molecule has 1 heterocycles. The number of hydrogen-bond donors (Lipinski definition) is 2. The first-order valence-corrected chi connectivity index (χ1v) is 7.01. The van der Waals surface area contributed by atoms with Crippen molar-refractivity contribution in [1.82, 2.24) is 9.03 Å². The molecule has 14 heavy (non-hydrogen) atoms. The van der Waals surface area contributed by atoms with Gasteiger partial charge in [-0.1, -0.05) is 6.42 Å². The summed E-state index contributed by atoms with van der Waals surface area (Å²) in [7, 11) is -3.16. The maximum Gasteiger partial charge on any atom is 0.279 e. The van der Waals surface area contributed by atoms with Gasteiger partial charge in [0.05, 0.1) is 0 Å². The van der Waals surface area contributed by atoms with Gasteiger partial charge in [-0.2, -0.15) is 25.4 Å². The van der Waals surface area contributed by atoms with Crippen molar-refractivity contribution in [2.45, 2.75) is 19.3 Å². The average molecular weight is 236 g/mol. The Kier molecular flexibility index (Phi) is 2.81. The topological polar surface area (TPSA) is 49.4 Å². The van der Waals surface area contributed by atoms with Gasteiger partial charge in [-0.15, -0.1) is 0 Å². The maximum atomic E-state index is 11.5. The lowest BCUT2D eigenvalue weighted by Gasteiger charge is -2.42. The summed E-state index contributed by atoms with van der Waals surface area (Å²) < 4.78 is 27.0. The van der Waals surface area contributed by atoms with Crippen molar-refractivity contribution in [3.63, 3.8) is 0 Å². The number of nitrogens with one attached hydrogen (secondary N) is 1. The Hall–Kier alpha value is 0.220. The highest BCUT2D eigenvalue weighted by Gasteiger charge is 2.41. The monoisotopic (exact) mass is 236 g/mol. The van der Waals surface area contributed by atoms with Gasteiger partial charge >= 0.3 is 0 Å². The van der Waals surface area contributed by atoms with Crippen LogP contribution in [0, 0.1) is 5.41 Å². The van der Waals surface area contributed by atoms with Crippen LogP contribution in [0.4, 0.5) is 0 Å². The minimum absolute atomic E-state index is 0.155. The minimum Gasteiger partial charge on any atom is -0.201 e. The van der Waals surface area contributed by atoms with E-state index >= 15 is 0 Å². The van der Waals surface area contributed by atoms with Crippen LogP contribution in [0.2, 0.25) is 0 Å². The van der Waals surface area contributed by atoms with E-state index in [9.17, 15) is 8.42 Å². The Balaban J connectivity index is 2.03.